The molecule has 2 atom stereocenters. The summed E-state index contributed by atoms with van der Waals surface area (Å²) >= 11 is 0.972. The molecule has 200 valence electrons. The zero-order valence-corrected chi connectivity index (χ0v) is 24.9. The molecule has 0 fully saturated rings. The zero-order valence-electron chi connectivity index (χ0n) is 22.0. The number of benzene rings is 3. The lowest BCUT2D eigenvalue weighted by Gasteiger charge is -2.27. The maximum absolute atomic E-state index is 13.0. The summed E-state index contributed by atoms with van der Waals surface area (Å²) in [5.74, 6) is 1.07. The number of nitrogens with one attached hydrogen (secondary N) is 1. The van der Waals surface area contributed by atoms with Crippen molar-refractivity contribution in [2.75, 3.05) is 6.61 Å². The van der Waals surface area contributed by atoms with Gasteiger partial charge in [0.2, 0.25) is 0 Å². The van der Waals surface area contributed by atoms with Crippen molar-refractivity contribution in [2.45, 2.75) is 51.5 Å². The van der Waals surface area contributed by atoms with Gasteiger partial charge in [-0.15, -0.1) is 4.72 Å². The van der Waals surface area contributed by atoms with Gasteiger partial charge in [-0.2, -0.15) is 0 Å². The van der Waals surface area contributed by atoms with Crippen molar-refractivity contribution in [3.8, 4) is 5.75 Å². The van der Waals surface area contributed by atoms with E-state index in [4.69, 9.17) is 13.9 Å². The average Bonchev–Trinajstić information content (AvgIpc) is 3.31. The molecular weight excluding hydrogens is 613 g/mol. The minimum absolute atomic E-state index is 0.162. The van der Waals surface area contributed by atoms with Crippen molar-refractivity contribution in [1.29, 1.82) is 0 Å². The van der Waals surface area contributed by atoms with Crippen LogP contribution in [0.25, 0.3) is 11.0 Å². The molecule has 0 saturated carbocycles. The number of furan rings is 1. The number of para-hydroxylation sites is 1. The smallest absolute Gasteiger partial charge is 0.310 e. The molecule has 0 aliphatic carbocycles. The van der Waals surface area contributed by atoms with Crippen LogP contribution in [0.1, 0.15) is 56.2 Å². The molecule has 1 aromatic heterocycles. The molecule has 8 heteroatoms. The number of esters is 1. The zero-order chi connectivity index (χ0) is 27.3. The number of ether oxygens (including phenoxy) is 2. The number of carbonyl (C=O) groups is 1. The van der Waals surface area contributed by atoms with Gasteiger partial charge in [0, 0.05) is 22.3 Å². The van der Waals surface area contributed by atoms with Crippen LogP contribution in [0.2, 0.25) is 0 Å². The van der Waals surface area contributed by atoms with Gasteiger partial charge >= 0.3 is 5.97 Å². The summed E-state index contributed by atoms with van der Waals surface area (Å²) in [5.41, 5.74) is 3.51. The van der Waals surface area contributed by atoms with Gasteiger partial charge in [-0.1, -0.05) is 48.5 Å². The predicted molar refractivity (Wildman–Crippen MR) is 159 cm³/mol. The summed E-state index contributed by atoms with van der Waals surface area (Å²) in [6.45, 7) is 8.30. The Morgan fingerprint density at radius 1 is 1.08 bits per heavy atom. The van der Waals surface area contributed by atoms with Crippen LogP contribution in [0.3, 0.4) is 0 Å². The second kappa shape index (κ2) is 12.5. The normalized spacial score (nSPS) is 13.3. The van der Waals surface area contributed by atoms with E-state index in [1.807, 2.05) is 93.6 Å². The third-order valence-electron chi connectivity index (χ3n) is 5.86. The molecule has 3 aromatic carbocycles. The number of halogens is 1. The molecule has 4 aromatic rings. The quantitative estimate of drug-likeness (QED) is 0.115. The Bertz CT molecular complexity index is 1380. The SMILES string of the molecule is CCOC(=O)Cc1ccccc1OCc1cc(I)c2oc([C@H](N[S+]([O-])C(C)(C)C)c3ccccc3)cc2c1. The lowest BCUT2D eigenvalue weighted by Crippen LogP contribution is -2.41. The first-order valence-electron chi connectivity index (χ1n) is 12.5. The van der Waals surface area contributed by atoms with Crippen LogP contribution in [0.4, 0.5) is 0 Å². The highest BCUT2D eigenvalue weighted by Crippen LogP contribution is 2.33. The molecule has 1 N–H and O–H groups in total. The highest BCUT2D eigenvalue weighted by molar-refractivity contribution is 14.1. The van der Waals surface area contributed by atoms with E-state index < -0.39 is 16.1 Å². The van der Waals surface area contributed by atoms with Crippen LogP contribution in [0, 0.1) is 3.57 Å². The van der Waals surface area contributed by atoms with E-state index in [1.54, 1.807) is 6.92 Å². The van der Waals surface area contributed by atoms with Gasteiger partial charge in [0.05, 0.1) is 16.6 Å². The number of hydrogen-bond acceptors (Lipinski definition) is 6. The second-order valence-electron chi connectivity index (χ2n) is 9.87. The monoisotopic (exact) mass is 645 g/mol. The van der Waals surface area contributed by atoms with E-state index in [-0.39, 0.29) is 18.4 Å². The standard InChI is InChI=1S/C30H32INO5S/c1-5-35-27(33)18-22-13-9-10-14-25(22)36-19-20-15-23-17-26(37-29(23)24(31)16-20)28(21-11-7-6-8-12-21)32-38(34)30(2,3)4/h6-17,28,32H,5,18-19H2,1-4H3/t28-,38?/m1/s1. The van der Waals surface area contributed by atoms with Crippen LogP contribution in [0.15, 0.2) is 77.2 Å². The molecule has 0 aliphatic heterocycles. The summed E-state index contributed by atoms with van der Waals surface area (Å²) < 4.78 is 34.4. The van der Waals surface area contributed by atoms with Crippen molar-refractivity contribution in [3.63, 3.8) is 0 Å². The van der Waals surface area contributed by atoms with Gasteiger partial charge in [0.25, 0.3) is 0 Å². The fourth-order valence-electron chi connectivity index (χ4n) is 3.95. The molecule has 1 unspecified atom stereocenters. The van der Waals surface area contributed by atoms with Crippen LogP contribution in [0.5, 0.6) is 5.75 Å². The first kappa shape index (κ1) is 28.5. The fraction of sp³-hybridized carbons (Fsp3) is 0.300. The molecule has 6 nitrogen and oxygen atoms in total. The lowest BCUT2D eigenvalue weighted by molar-refractivity contribution is -0.142. The van der Waals surface area contributed by atoms with Crippen LogP contribution in [-0.2, 0) is 33.9 Å². The molecule has 1 heterocycles. The Morgan fingerprint density at radius 3 is 2.50 bits per heavy atom. The summed E-state index contributed by atoms with van der Waals surface area (Å²) in [7, 11) is 0. The Morgan fingerprint density at radius 2 is 1.79 bits per heavy atom. The minimum Gasteiger partial charge on any atom is -0.598 e. The first-order valence-corrected chi connectivity index (χ1v) is 14.7. The Hall–Kier alpha value is -2.53. The molecule has 0 spiro atoms. The highest BCUT2D eigenvalue weighted by atomic mass is 127. The largest absolute Gasteiger partial charge is 0.598 e. The lowest BCUT2D eigenvalue weighted by atomic mass is 10.1. The van der Waals surface area contributed by atoms with Crippen LogP contribution >= 0.6 is 22.6 Å². The Kier molecular flexibility index (Phi) is 9.40. The molecule has 38 heavy (non-hydrogen) atoms. The Labute approximate surface area is 240 Å². The van der Waals surface area contributed by atoms with Gasteiger partial charge < -0.3 is 18.4 Å². The van der Waals surface area contributed by atoms with Gasteiger partial charge in [0.15, 0.2) is 0 Å². The first-order chi connectivity index (χ1) is 18.2. The summed E-state index contributed by atoms with van der Waals surface area (Å²) in [5, 5.41) is 0.939. The van der Waals surface area contributed by atoms with Gasteiger partial charge in [0.1, 0.15) is 34.5 Å². The molecule has 4 rings (SSSR count). The number of carbonyl (C=O) groups excluding carboxylic acids is 1. The third kappa shape index (κ3) is 7.11. The van der Waals surface area contributed by atoms with Crippen LogP contribution in [-0.4, -0.2) is 21.9 Å². The van der Waals surface area contributed by atoms with E-state index >= 15 is 0 Å². The van der Waals surface area contributed by atoms with E-state index in [0.717, 1.165) is 31.2 Å². The topological polar surface area (TPSA) is 83.8 Å². The summed E-state index contributed by atoms with van der Waals surface area (Å²) in [6.07, 6.45) is 0.162. The minimum atomic E-state index is -1.30. The van der Waals surface area contributed by atoms with E-state index in [9.17, 15) is 9.35 Å². The van der Waals surface area contributed by atoms with E-state index in [1.165, 1.54) is 0 Å². The van der Waals surface area contributed by atoms with Crippen LogP contribution < -0.4 is 9.46 Å². The molecule has 0 aliphatic rings. The summed E-state index contributed by atoms with van der Waals surface area (Å²) in [6, 6.07) is 23.1. The second-order valence-corrected chi connectivity index (χ2v) is 13.0. The molecule has 0 radical (unpaired) electrons. The summed E-state index contributed by atoms with van der Waals surface area (Å²) in [4.78, 5) is 12.0. The number of hydrogen-bond donors (Lipinski definition) is 1. The van der Waals surface area contributed by atoms with Crippen molar-refractivity contribution in [1.82, 2.24) is 4.72 Å². The predicted octanol–water partition coefficient (Wildman–Crippen LogP) is 6.86. The fourth-order valence-corrected chi connectivity index (χ4v) is 5.59. The van der Waals surface area contributed by atoms with E-state index in [0.29, 0.717) is 24.7 Å². The number of rotatable bonds is 10. The number of fused-ring (bicyclic) bond motifs is 1. The van der Waals surface area contributed by atoms with Crippen molar-refractivity contribution in [2.24, 2.45) is 0 Å². The third-order valence-corrected chi connectivity index (χ3v) is 8.22. The molecule has 0 saturated heterocycles. The van der Waals surface area contributed by atoms with Gasteiger partial charge in [-0.05, 0) is 85.7 Å². The average molecular weight is 646 g/mol. The van der Waals surface area contributed by atoms with Crippen molar-refractivity contribution in [3.05, 3.63) is 98.8 Å². The van der Waals surface area contributed by atoms with Gasteiger partial charge in [-0.25, -0.2) is 0 Å². The molecule has 0 amide bonds. The van der Waals surface area contributed by atoms with Gasteiger partial charge in [-0.3, -0.25) is 4.79 Å². The maximum Gasteiger partial charge on any atom is 0.310 e. The highest BCUT2D eigenvalue weighted by Gasteiger charge is 2.32. The molecular formula is C30H32INO5S. The van der Waals surface area contributed by atoms with Crippen molar-refractivity contribution >= 4 is 50.9 Å². The maximum atomic E-state index is 13.0. The van der Waals surface area contributed by atoms with E-state index in [2.05, 4.69) is 27.3 Å². The van der Waals surface area contributed by atoms with Crippen molar-refractivity contribution < 1.29 is 23.2 Å². The Balaban J connectivity index is 1.59. The molecule has 0 bridgehead atoms.